The van der Waals surface area contributed by atoms with Gasteiger partial charge in [0, 0.05) is 6.42 Å². The summed E-state index contributed by atoms with van der Waals surface area (Å²) >= 11 is 0. The lowest BCUT2D eigenvalue weighted by Gasteiger charge is -2.01. The van der Waals surface area contributed by atoms with Crippen LogP contribution in [0.4, 0.5) is 0 Å². The molecule has 0 radical (unpaired) electrons. The minimum Gasteiger partial charge on any atom is -0.393 e. The Kier molecular flexibility index (Phi) is 3.89. The van der Waals surface area contributed by atoms with Gasteiger partial charge in [0.1, 0.15) is 0 Å². The molecule has 1 N–H and O–H groups in total. The minimum atomic E-state index is -0.366. The van der Waals surface area contributed by atoms with Crippen LogP contribution in [0, 0.1) is 0 Å². The van der Waals surface area contributed by atoms with Gasteiger partial charge in [0.05, 0.1) is 12.5 Å². The van der Waals surface area contributed by atoms with Crippen LogP contribution in [-0.4, -0.2) is 21.4 Å². The predicted molar refractivity (Wildman–Crippen MR) is 48.3 cm³/mol. The van der Waals surface area contributed by atoms with Crippen LogP contribution in [0.15, 0.2) is 4.52 Å². The number of hydrogen-bond acceptors (Lipinski definition) is 4. The lowest BCUT2D eigenvalue weighted by Crippen LogP contribution is -2.08. The van der Waals surface area contributed by atoms with Gasteiger partial charge < -0.3 is 9.63 Å². The minimum absolute atomic E-state index is 0.366. The van der Waals surface area contributed by atoms with Crippen LogP contribution in [0.1, 0.15) is 38.4 Å². The molecule has 0 aliphatic heterocycles. The molecule has 0 aliphatic carbocycles. The average Bonchev–Trinajstić information content (AvgIpc) is 2.53. The number of aromatic nitrogens is 2. The van der Waals surface area contributed by atoms with E-state index >= 15 is 0 Å². The van der Waals surface area contributed by atoms with Gasteiger partial charge in [0.15, 0.2) is 5.82 Å². The Morgan fingerprint density at radius 1 is 1.46 bits per heavy atom. The molecule has 4 nitrogen and oxygen atoms in total. The Balaban J connectivity index is 2.48. The van der Waals surface area contributed by atoms with Crippen molar-refractivity contribution in [2.45, 2.75) is 45.6 Å². The van der Waals surface area contributed by atoms with Gasteiger partial charge in [-0.05, 0) is 12.8 Å². The monoisotopic (exact) mass is 184 g/mol. The lowest BCUT2D eigenvalue weighted by molar-refractivity contribution is 0.158. The van der Waals surface area contributed by atoms with Crippen molar-refractivity contribution in [2.75, 3.05) is 0 Å². The van der Waals surface area contributed by atoms with Gasteiger partial charge in [-0.3, -0.25) is 0 Å². The first-order chi connectivity index (χ1) is 6.26. The van der Waals surface area contributed by atoms with E-state index in [0.717, 1.165) is 18.7 Å². The Hall–Kier alpha value is -0.900. The van der Waals surface area contributed by atoms with Crippen molar-refractivity contribution >= 4 is 0 Å². The van der Waals surface area contributed by atoms with E-state index in [-0.39, 0.29) is 6.10 Å². The van der Waals surface area contributed by atoms with Crippen LogP contribution in [0.2, 0.25) is 0 Å². The number of rotatable bonds is 5. The third-order valence-electron chi connectivity index (χ3n) is 1.87. The van der Waals surface area contributed by atoms with E-state index in [1.54, 1.807) is 0 Å². The van der Waals surface area contributed by atoms with Gasteiger partial charge >= 0.3 is 0 Å². The molecule has 74 valence electrons. The highest BCUT2D eigenvalue weighted by Crippen LogP contribution is 2.04. The van der Waals surface area contributed by atoms with Crippen molar-refractivity contribution in [3.8, 4) is 0 Å². The van der Waals surface area contributed by atoms with Gasteiger partial charge in [0.25, 0.3) is 0 Å². The fourth-order valence-corrected chi connectivity index (χ4v) is 1.04. The van der Waals surface area contributed by atoms with Crippen molar-refractivity contribution < 1.29 is 9.63 Å². The molecule has 0 saturated carbocycles. The van der Waals surface area contributed by atoms with E-state index in [9.17, 15) is 5.11 Å². The highest BCUT2D eigenvalue weighted by Gasteiger charge is 2.09. The molecule has 1 rings (SSSR count). The number of aliphatic hydroxyl groups is 1. The second-order valence-electron chi connectivity index (χ2n) is 3.12. The molecule has 1 aromatic rings. The molecule has 0 saturated heterocycles. The van der Waals surface area contributed by atoms with Crippen molar-refractivity contribution in [1.29, 1.82) is 0 Å². The first kappa shape index (κ1) is 10.2. The molecule has 1 unspecified atom stereocenters. The van der Waals surface area contributed by atoms with E-state index in [2.05, 4.69) is 17.1 Å². The Bertz CT molecular complexity index is 248. The second kappa shape index (κ2) is 4.97. The summed E-state index contributed by atoms with van der Waals surface area (Å²) in [6, 6.07) is 0. The van der Waals surface area contributed by atoms with Crippen LogP contribution >= 0.6 is 0 Å². The molecule has 1 aromatic heterocycles. The maximum absolute atomic E-state index is 9.32. The van der Waals surface area contributed by atoms with Crippen molar-refractivity contribution in [2.24, 2.45) is 0 Å². The molecule has 0 amide bonds. The Labute approximate surface area is 78.0 Å². The second-order valence-corrected chi connectivity index (χ2v) is 3.12. The molecular weight excluding hydrogens is 168 g/mol. The van der Waals surface area contributed by atoms with Gasteiger partial charge in [-0.15, -0.1) is 0 Å². The van der Waals surface area contributed by atoms with E-state index in [1.165, 1.54) is 0 Å². The zero-order chi connectivity index (χ0) is 9.68. The standard InChI is InChI=1S/C9H16N2O2/c1-3-5-8-10-9(13-11-8)6-7(12)4-2/h7,12H,3-6H2,1-2H3. The number of hydrogen-bond donors (Lipinski definition) is 1. The number of nitrogens with zero attached hydrogens (tertiary/aromatic N) is 2. The van der Waals surface area contributed by atoms with Crippen LogP contribution in [-0.2, 0) is 12.8 Å². The van der Waals surface area contributed by atoms with Crippen LogP contribution < -0.4 is 0 Å². The largest absolute Gasteiger partial charge is 0.393 e. The topological polar surface area (TPSA) is 59.2 Å². The maximum Gasteiger partial charge on any atom is 0.229 e. The van der Waals surface area contributed by atoms with E-state index in [0.29, 0.717) is 18.7 Å². The number of aryl methyl sites for hydroxylation is 1. The highest BCUT2D eigenvalue weighted by molar-refractivity contribution is 4.87. The third kappa shape index (κ3) is 3.14. The molecule has 1 heterocycles. The van der Waals surface area contributed by atoms with Crippen molar-refractivity contribution in [3.05, 3.63) is 11.7 Å². The molecule has 0 aromatic carbocycles. The fourth-order valence-electron chi connectivity index (χ4n) is 1.04. The van der Waals surface area contributed by atoms with Gasteiger partial charge in [0.2, 0.25) is 5.89 Å². The molecule has 1 atom stereocenters. The quantitative estimate of drug-likeness (QED) is 0.750. The van der Waals surface area contributed by atoms with Gasteiger partial charge in [-0.2, -0.15) is 4.98 Å². The summed E-state index contributed by atoms with van der Waals surface area (Å²) in [5, 5.41) is 13.1. The maximum atomic E-state index is 9.32. The molecular formula is C9H16N2O2. The van der Waals surface area contributed by atoms with Gasteiger partial charge in [-0.25, -0.2) is 0 Å². The highest BCUT2D eigenvalue weighted by atomic mass is 16.5. The average molecular weight is 184 g/mol. The number of aliphatic hydroxyl groups excluding tert-OH is 1. The fraction of sp³-hybridized carbons (Fsp3) is 0.778. The summed E-state index contributed by atoms with van der Waals surface area (Å²) in [6.45, 7) is 3.99. The smallest absolute Gasteiger partial charge is 0.229 e. The first-order valence-electron chi connectivity index (χ1n) is 4.75. The van der Waals surface area contributed by atoms with Crippen LogP contribution in [0.25, 0.3) is 0 Å². The first-order valence-corrected chi connectivity index (χ1v) is 4.75. The van der Waals surface area contributed by atoms with E-state index in [1.807, 2.05) is 6.92 Å². The molecule has 0 aliphatic rings. The van der Waals surface area contributed by atoms with Gasteiger partial charge in [-0.1, -0.05) is 19.0 Å². The molecule has 0 bridgehead atoms. The van der Waals surface area contributed by atoms with Crippen molar-refractivity contribution in [1.82, 2.24) is 10.1 Å². The van der Waals surface area contributed by atoms with Crippen LogP contribution in [0.5, 0.6) is 0 Å². The predicted octanol–water partition coefficient (Wildman–Crippen LogP) is 1.34. The molecule has 0 spiro atoms. The Morgan fingerprint density at radius 3 is 2.85 bits per heavy atom. The molecule has 4 heteroatoms. The third-order valence-corrected chi connectivity index (χ3v) is 1.87. The zero-order valence-corrected chi connectivity index (χ0v) is 8.16. The summed E-state index contributed by atoms with van der Waals surface area (Å²) in [4.78, 5) is 4.15. The molecule has 13 heavy (non-hydrogen) atoms. The van der Waals surface area contributed by atoms with Crippen molar-refractivity contribution in [3.63, 3.8) is 0 Å². The zero-order valence-electron chi connectivity index (χ0n) is 8.16. The summed E-state index contributed by atoms with van der Waals surface area (Å²) in [7, 11) is 0. The normalized spacial score (nSPS) is 13.2. The van der Waals surface area contributed by atoms with E-state index < -0.39 is 0 Å². The lowest BCUT2D eigenvalue weighted by atomic mass is 10.2. The van der Waals surface area contributed by atoms with Crippen LogP contribution in [0.3, 0.4) is 0 Å². The Morgan fingerprint density at radius 2 is 2.23 bits per heavy atom. The van der Waals surface area contributed by atoms with E-state index in [4.69, 9.17) is 4.52 Å². The summed E-state index contributed by atoms with van der Waals surface area (Å²) in [6.07, 6.45) is 2.66. The summed E-state index contributed by atoms with van der Waals surface area (Å²) in [5.74, 6) is 1.28. The summed E-state index contributed by atoms with van der Waals surface area (Å²) < 4.78 is 4.97. The molecule has 0 fully saturated rings. The SMILES string of the molecule is CCCc1noc(CC(O)CC)n1. The summed E-state index contributed by atoms with van der Waals surface area (Å²) in [5.41, 5.74) is 0.